The number of rotatable bonds is 17. The van der Waals surface area contributed by atoms with Gasteiger partial charge >= 0.3 is 0 Å². The second-order valence-corrected chi connectivity index (χ2v) is 9.22. The molecule has 1 rings (SSSR count). The summed E-state index contributed by atoms with van der Waals surface area (Å²) in [6, 6.07) is 0. The molecule has 0 fully saturated rings. The lowest BCUT2D eigenvalue weighted by Gasteiger charge is -2.05. The van der Waals surface area contributed by atoms with Gasteiger partial charge in [-0.1, -0.05) is 63.9 Å². The molecule has 1 heterocycles. The normalized spacial score (nSPS) is 12.6. The van der Waals surface area contributed by atoms with Crippen molar-refractivity contribution in [1.82, 2.24) is 20.2 Å². The molecule has 1 atom stereocenters. The van der Waals surface area contributed by atoms with Gasteiger partial charge in [0.25, 0.3) is 0 Å². The molecule has 0 saturated heterocycles. The van der Waals surface area contributed by atoms with Crippen molar-refractivity contribution in [1.29, 1.82) is 0 Å². The Morgan fingerprint density at radius 3 is 2.24 bits per heavy atom. The molecule has 7 heteroatoms. The van der Waals surface area contributed by atoms with Crippen LogP contribution < -0.4 is 0 Å². The topological polar surface area (TPSA) is 60.7 Å². The van der Waals surface area contributed by atoms with Crippen LogP contribution in [0.25, 0.3) is 0 Å². The summed E-state index contributed by atoms with van der Waals surface area (Å²) in [6.07, 6.45) is 13.6. The van der Waals surface area contributed by atoms with Crippen molar-refractivity contribution in [2.75, 3.05) is 17.3 Å². The quantitative estimate of drug-likeness (QED) is 0.357. The number of hydrogen-bond donors (Lipinski definition) is 0. The van der Waals surface area contributed by atoms with Gasteiger partial charge in [0.1, 0.15) is 0 Å². The van der Waals surface area contributed by atoms with Gasteiger partial charge in [-0.3, -0.25) is 4.21 Å². The zero-order valence-electron chi connectivity index (χ0n) is 16.1. The van der Waals surface area contributed by atoms with Crippen LogP contribution >= 0.6 is 11.8 Å². The van der Waals surface area contributed by atoms with Gasteiger partial charge in [-0.2, -0.15) is 11.8 Å². The first kappa shape index (κ1) is 22.6. The lowest BCUT2D eigenvalue weighted by atomic mass is 10.1. The molecule has 0 spiro atoms. The molecule has 0 saturated carbocycles. The molecule has 0 amide bonds. The molecule has 0 N–H and O–H groups in total. The molecule has 0 bridgehead atoms. The van der Waals surface area contributed by atoms with Crippen LogP contribution in [0, 0.1) is 0 Å². The van der Waals surface area contributed by atoms with Gasteiger partial charge in [0, 0.05) is 12.3 Å². The van der Waals surface area contributed by atoms with Crippen LogP contribution in [0.2, 0.25) is 0 Å². The molecule has 0 radical (unpaired) electrons. The van der Waals surface area contributed by atoms with Gasteiger partial charge in [0.2, 0.25) is 5.16 Å². The monoisotopic (exact) mass is 388 g/mol. The van der Waals surface area contributed by atoms with E-state index in [1.54, 1.807) is 4.68 Å². The van der Waals surface area contributed by atoms with E-state index in [4.69, 9.17) is 0 Å². The lowest BCUT2D eigenvalue weighted by Crippen LogP contribution is -2.10. The lowest BCUT2D eigenvalue weighted by molar-refractivity contribution is 0.488. The molecule has 0 aliphatic rings. The number of hydrogen-bond acceptors (Lipinski definition) is 5. The van der Waals surface area contributed by atoms with Crippen molar-refractivity contribution in [3.63, 3.8) is 0 Å². The third kappa shape index (κ3) is 11.0. The van der Waals surface area contributed by atoms with Gasteiger partial charge in [-0.25, -0.2) is 4.68 Å². The molecule has 5 nitrogen and oxygen atoms in total. The van der Waals surface area contributed by atoms with E-state index < -0.39 is 10.8 Å². The minimum absolute atomic E-state index is 0.550. The van der Waals surface area contributed by atoms with Crippen molar-refractivity contribution in [3.8, 4) is 0 Å². The summed E-state index contributed by atoms with van der Waals surface area (Å²) in [7, 11) is -1.06. The Hall–Kier alpha value is -0.430. The van der Waals surface area contributed by atoms with Crippen LogP contribution in [0.3, 0.4) is 0 Å². The predicted molar refractivity (Wildman–Crippen MR) is 109 cm³/mol. The maximum absolute atomic E-state index is 12.1. The fourth-order valence-corrected chi connectivity index (χ4v) is 4.84. The first-order valence-electron chi connectivity index (χ1n) is 10.0. The molecular formula is C18H36N4OS2. The number of aromatic nitrogens is 4. The highest BCUT2D eigenvalue weighted by molar-refractivity contribution is 7.99. The van der Waals surface area contributed by atoms with Crippen molar-refractivity contribution in [3.05, 3.63) is 0 Å². The number of thioether (sulfide) groups is 1. The molecule has 0 aromatic carbocycles. The van der Waals surface area contributed by atoms with E-state index in [-0.39, 0.29) is 0 Å². The Bertz CT molecular complexity index is 454. The Morgan fingerprint density at radius 1 is 0.880 bits per heavy atom. The summed E-state index contributed by atoms with van der Waals surface area (Å²) in [4.78, 5) is 0. The molecule has 0 aliphatic heterocycles. The second-order valence-electron chi connectivity index (χ2n) is 6.53. The van der Waals surface area contributed by atoms with Gasteiger partial charge in [-0.05, 0) is 47.6 Å². The van der Waals surface area contributed by atoms with E-state index in [1.165, 1.54) is 62.9 Å². The number of aryl methyl sites for hydroxylation is 1. The Kier molecular flexibility index (Phi) is 14.3. The zero-order chi connectivity index (χ0) is 18.2. The minimum atomic E-state index is -1.06. The van der Waals surface area contributed by atoms with E-state index in [9.17, 15) is 4.21 Å². The summed E-state index contributed by atoms with van der Waals surface area (Å²) >= 11 is 2.12. The second kappa shape index (κ2) is 15.8. The van der Waals surface area contributed by atoms with Crippen molar-refractivity contribution in [2.24, 2.45) is 0 Å². The van der Waals surface area contributed by atoms with E-state index >= 15 is 0 Å². The third-order valence-electron chi connectivity index (χ3n) is 4.19. The Balaban J connectivity index is 2.00. The maximum atomic E-state index is 12.1. The van der Waals surface area contributed by atoms with Crippen molar-refractivity contribution < 1.29 is 4.21 Å². The third-order valence-corrected chi connectivity index (χ3v) is 6.70. The fraction of sp³-hybridized carbons (Fsp3) is 0.944. The van der Waals surface area contributed by atoms with E-state index in [0.717, 1.165) is 25.8 Å². The van der Waals surface area contributed by atoms with E-state index in [2.05, 4.69) is 41.1 Å². The first-order valence-corrected chi connectivity index (χ1v) is 12.5. The van der Waals surface area contributed by atoms with Crippen LogP contribution in [-0.2, 0) is 17.3 Å². The van der Waals surface area contributed by atoms with Gasteiger partial charge in [0.05, 0.1) is 10.8 Å². The predicted octanol–water partition coefficient (Wildman–Crippen LogP) is 4.84. The maximum Gasteiger partial charge on any atom is 0.239 e. The Labute approximate surface area is 160 Å². The van der Waals surface area contributed by atoms with Crippen LogP contribution in [0.1, 0.15) is 84.5 Å². The van der Waals surface area contributed by atoms with Gasteiger partial charge in [0.15, 0.2) is 0 Å². The molecule has 25 heavy (non-hydrogen) atoms. The average Bonchev–Trinajstić information content (AvgIpc) is 3.09. The number of tetrazole rings is 1. The molecule has 1 aromatic rings. The summed E-state index contributed by atoms with van der Waals surface area (Å²) < 4.78 is 13.9. The largest absolute Gasteiger partial charge is 0.251 e. The summed E-state index contributed by atoms with van der Waals surface area (Å²) in [6.45, 7) is 5.15. The molecule has 146 valence electrons. The number of unbranched alkanes of at least 4 members (excludes halogenated alkanes) is 8. The molecular weight excluding hydrogens is 352 g/mol. The highest BCUT2D eigenvalue weighted by atomic mass is 32.2. The van der Waals surface area contributed by atoms with Crippen LogP contribution in [0.4, 0.5) is 0 Å². The average molecular weight is 389 g/mol. The standard InChI is InChI=1S/C18H36N4OS2/c1-3-5-12-15-24-16-13-10-8-7-9-11-14-22-18(19-20-21-22)25(23)17-6-4-2/h3-17H2,1-2H3. The van der Waals surface area contributed by atoms with E-state index in [1.807, 2.05) is 0 Å². The van der Waals surface area contributed by atoms with Gasteiger partial charge < -0.3 is 0 Å². The van der Waals surface area contributed by atoms with E-state index in [0.29, 0.717) is 10.9 Å². The summed E-state index contributed by atoms with van der Waals surface area (Å²) in [5.41, 5.74) is 0. The fourth-order valence-electron chi connectivity index (χ4n) is 2.60. The highest BCUT2D eigenvalue weighted by Gasteiger charge is 2.12. The molecule has 0 aliphatic carbocycles. The number of nitrogens with zero attached hydrogens (tertiary/aromatic N) is 4. The molecule has 1 aromatic heterocycles. The minimum Gasteiger partial charge on any atom is -0.251 e. The smallest absolute Gasteiger partial charge is 0.239 e. The summed E-state index contributed by atoms with van der Waals surface area (Å²) in [5, 5.41) is 12.2. The zero-order valence-corrected chi connectivity index (χ0v) is 17.8. The first-order chi connectivity index (χ1) is 12.3. The van der Waals surface area contributed by atoms with Crippen LogP contribution in [-0.4, -0.2) is 41.7 Å². The van der Waals surface area contributed by atoms with Gasteiger partial charge in [-0.15, -0.1) is 0 Å². The Morgan fingerprint density at radius 2 is 1.52 bits per heavy atom. The van der Waals surface area contributed by atoms with Crippen LogP contribution in [0.5, 0.6) is 0 Å². The summed E-state index contributed by atoms with van der Waals surface area (Å²) in [5.74, 6) is 3.32. The van der Waals surface area contributed by atoms with Crippen LogP contribution in [0.15, 0.2) is 5.16 Å². The van der Waals surface area contributed by atoms with Crippen molar-refractivity contribution in [2.45, 2.75) is 96.2 Å². The van der Waals surface area contributed by atoms with Crippen molar-refractivity contribution >= 4 is 22.6 Å². The SMILES string of the molecule is CCCCCSCCCCCCCCn1nnnc1S(=O)CCCC. The highest BCUT2D eigenvalue weighted by Crippen LogP contribution is 2.12. The molecule has 1 unspecified atom stereocenters.